The quantitative estimate of drug-likeness (QED) is 0.442. The lowest BCUT2D eigenvalue weighted by atomic mass is 9.77. The van der Waals surface area contributed by atoms with Crippen molar-refractivity contribution in [2.45, 2.75) is 6.92 Å². The molecule has 0 aromatic heterocycles. The van der Waals surface area contributed by atoms with Crippen molar-refractivity contribution in [1.82, 2.24) is 0 Å². The molecular weight excluding hydrogens is 195 g/mol. The highest BCUT2D eigenvalue weighted by molar-refractivity contribution is 6.58. The van der Waals surface area contributed by atoms with E-state index in [0.29, 0.717) is 11.1 Å². The van der Waals surface area contributed by atoms with Crippen molar-refractivity contribution in [3.8, 4) is 12.3 Å². The summed E-state index contributed by atoms with van der Waals surface area (Å²) in [6.45, 7) is 1.58. The van der Waals surface area contributed by atoms with Gasteiger partial charge in [0.25, 0.3) is 0 Å². The molecule has 0 aliphatic heterocycles. The maximum absolute atomic E-state index is 10.8. The molecule has 0 fully saturated rings. The monoisotopic (exact) mass is 204 g/mol. The van der Waals surface area contributed by atoms with Crippen LogP contribution in [0.25, 0.3) is 0 Å². The highest BCUT2D eigenvalue weighted by atomic mass is 16.4. The Labute approximate surface area is 87.3 Å². The van der Waals surface area contributed by atoms with E-state index in [1.54, 1.807) is 6.92 Å². The Morgan fingerprint density at radius 1 is 1.47 bits per heavy atom. The molecule has 0 amide bonds. The molecule has 0 bridgehead atoms. The summed E-state index contributed by atoms with van der Waals surface area (Å²) < 4.78 is 0. The lowest BCUT2D eigenvalue weighted by molar-refractivity contribution is 0.0696. The Morgan fingerprint density at radius 2 is 2.07 bits per heavy atom. The second-order valence-electron chi connectivity index (χ2n) is 3.06. The van der Waals surface area contributed by atoms with Gasteiger partial charge in [0.2, 0.25) is 0 Å². The van der Waals surface area contributed by atoms with Crippen molar-refractivity contribution in [2.75, 3.05) is 0 Å². The van der Waals surface area contributed by atoms with E-state index in [2.05, 4.69) is 5.92 Å². The Balaban J connectivity index is 3.47. The van der Waals surface area contributed by atoms with Crippen molar-refractivity contribution in [3.05, 3.63) is 28.8 Å². The van der Waals surface area contributed by atoms with Gasteiger partial charge in [0.1, 0.15) is 0 Å². The summed E-state index contributed by atoms with van der Waals surface area (Å²) in [5.74, 6) is 1.15. The molecule has 0 radical (unpaired) electrons. The summed E-state index contributed by atoms with van der Waals surface area (Å²) in [6, 6.07) is 2.58. The van der Waals surface area contributed by atoms with Gasteiger partial charge in [-0.05, 0) is 30.1 Å². The number of benzene rings is 1. The van der Waals surface area contributed by atoms with Gasteiger partial charge in [0, 0.05) is 5.56 Å². The number of aromatic carboxylic acids is 1. The second-order valence-corrected chi connectivity index (χ2v) is 3.06. The summed E-state index contributed by atoms with van der Waals surface area (Å²) >= 11 is 0. The zero-order valence-electron chi connectivity index (χ0n) is 8.06. The molecule has 1 aromatic carbocycles. The molecule has 0 spiro atoms. The van der Waals surface area contributed by atoms with E-state index in [1.807, 2.05) is 0 Å². The Hall–Kier alpha value is -1.77. The first-order valence-corrected chi connectivity index (χ1v) is 4.18. The van der Waals surface area contributed by atoms with Gasteiger partial charge in [-0.1, -0.05) is 5.92 Å². The molecule has 0 aliphatic rings. The maximum atomic E-state index is 10.8. The largest absolute Gasteiger partial charge is 0.488 e. The number of terminal acetylenes is 1. The summed E-state index contributed by atoms with van der Waals surface area (Å²) in [5.41, 5.74) is 0.840. The molecule has 76 valence electrons. The van der Waals surface area contributed by atoms with E-state index in [1.165, 1.54) is 12.1 Å². The van der Waals surface area contributed by atoms with Gasteiger partial charge < -0.3 is 15.2 Å². The standard InChI is InChI=1S/C10H9BO4/c1-3-7-4-8(11(14)15)5-9(6(7)2)10(12)13/h1,4-5,14-15H,2H3,(H,12,13). The van der Waals surface area contributed by atoms with Crippen molar-refractivity contribution in [2.24, 2.45) is 0 Å². The van der Waals surface area contributed by atoms with Crippen LogP contribution in [0.15, 0.2) is 12.1 Å². The summed E-state index contributed by atoms with van der Waals surface area (Å²) in [7, 11) is -1.73. The average molecular weight is 204 g/mol. The third-order valence-corrected chi connectivity index (χ3v) is 2.11. The lowest BCUT2D eigenvalue weighted by Crippen LogP contribution is -2.31. The predicted molar refractivity (Wildman–Crippen MR) is 55.9 cm³/mol. The van der Waals surface area contributed by atoms with Crippen molar-refractivity contribution in [3.63, 3.8) is 0 Å². The average Bonchev–Trinajstić information content (AvgIpc) is 2.17. The number of carboxylic acids is 1. The van der Waals surface area contributed by atoms with Crippen LogP contribution in [0.1, 0.15) is 21.5 Å². The first-order chi connectivity index (χ1) is 6.97. The smallest absolute Gasteiger partial charge is 0.478 e. The fraction of sp³-hybridized carbons (Fsp3) is 0.100. The zero-order chi connectivity index (χ0) is 11.6. The van der Waals surface area contributed by atoms with Crippen molar-refractivity contribution in [1.29, 1.82) is 0 Å². The third-order valence-electron chi connectivity index (χ3n) is 2.11. The van der Waals surface area contributed by atoms with Crippen LogP contribution in [-0.2, 0) is 0 Å². The van der Waals surface area contributed by atoms with Crippen LogP contribution in [-0.4, -0.2) is 28.2 Å². The highest BCUT2D eigenvalue weighted by Gasteiger charge is 2.17. The molecule has 0 unspecified atom stereocenters. The second kappa shape index (κ2) is 4.17. The summed E-state index contributed by atoms with van der Waals surface area (Å²) in [4.78, 5) is 10.8. The number of carbonyl (C=O) groups is 1. The summed E-state index contributed by atoms with van der Waals surface area (Å²) in [6.07, 6.45) is 5.18. The molecule has 4 nitrogen and oxygen atoms in total. The van der Waals surface area contributed by atoms with Crippen LogP contribution in [0.3, 0.4) is 0 Å². The van der Waals surface area contributed by atoms with Gasteiger partial charge in [0.05, 0.1) is 5.56 Å². The predicted octanol–water partition coefficient (Wildman–Crippen LogP) is -0.646. The van der Waals surface area contributed by atoms with E-state index in [0.717, 1.165) is 0 Å². The molecule has 0 saturated carbocycles. The molecule has 0 heterocycles. The molecule has 1 rings (SSSR count). The van der Waals surface area contributed by atoms with Crippen LogP contribution < -0.4 is 5.46 Å². The Bertz CT molecular complexity index is 445. The van der Waals surface area contributed by atoms with Crippen LogP contribution in [0.4, 0.5) is 0 Å². The topological polar surface area (TPSA) is 77.8 Å². The van der Waals surface area contributed by atoms with Gasteiger partial charge in [-0.25, -0.2) is 4.79 Å². The van der Waals surface area contributed by atoms with E-state index in [9.17, 15) is 4.79 Å². The molecular formula is C10H9BO4. The Kier molecular flexibility index (Phi) is 3.15. The maximum Gasteiger partial charge on any atom is 0.488 e. The van der Waals surface area contributed by atoms with E-state index < -0.39 is 13.1 Å². The van der Waals surface area contributed by atoms with Crippen LogP contribution >= 0.6 is 0 Å². The van der Waals surface area contributed by atoms with Crippen LogP contribution in [0, 0.1) is 19.3 Å². The molecule has 15 heavy (non-hydrogen) atoms. The van der Waals surface area contributed by atoms with E-state index >= 15 is 0 Å². The minimum atomic E-state index is -1.73. The third kappa shape index (κ3) is 2.18. The molecule has 5 heteroatoms. The summed E-state index contributed by atoms with van der Waals surface area (Å²) in [5, 5.41) is 26.7. The molecule has 1 aromatic rings. The molecule has 0 saturated heterocycles. The molecule has 0 aliphatic carbocycles. The highest BCUT2D eigenvalue weighted by Crippen LogP contribution is 2.11. The first-order valence-electron chi connectivity index (χ1n) is 4.18. The SMILES string of the molecule is C#Cc1cc(B(O)O)cc(C(=O)O)c1C. The van der Waals surface area contributed by atoms with E-state index in [-0.39, 0.29) is 11.0 Å². The number of hydrogen-bond acceptors (Lipinski definition) is 3. The fourth-order valence-corrected chi connectivity index (χ4v) is 1.26. The van der Waals surface area contributed by atoms with Gasteiger partial charge >= 0.3 is 13.1 Å². The normalized spacial score (nSPS) is 9.47. The fourth-order valence-electron chi connectivity index (χ4n) is 1.26. The van der Waals surface area contributed by atoms with Crippen molar-refractivity contribution >= 4 is 18.6 Å². The Morgan fingerprint density at radius 3 is 2.47 bits per heavy atom. The van der Waals surface area contributed by atoms with Crippen LogP contribution in [0.2, 0.25) is 0 Å². The van der Waals surface area contributed by atoms with Crippen LogP contribution in [0.5, 0.6) is 0 Å². The van der Waals surface area contributed by atoms with Gasteiger partial charge in [-0.3, -0.25) is 0 Å². The van der Waals surface area contributed by atoms with Crippen molar-refractivity contribution < 1.29 is 19.9 Å². The minimum Gasteiger partial charge on any atom is -0.478 e. The van der Waals surface area contributed by atoms with Gasteiger partial charge in [0.15, 0.2) is 0 Å². The van der Waals surface area contributed by atoms with Gasteiger partial charge in [-0.2, -0.15) is 0 Å². The zero-order valence-corrected chi connectivity index (χ0v) is 8.06. The molecule has 0 atom stereocenters. The minimum absolute atomic E-state index is 0.0199. The number of hydrogen-bond donors (Lipinski definition) is 3. The van der Waals surface area contributed by atoms with E-state index in [4.69, 9.17) is 21.6 Å². The number of rotatable bonds is 2. The molecule has 3 N–H and O–H groups in total. The van der Waals surface area contributed by atoms with Gasteiger partial charge in [-0.15, -0.1) is 6.42 Å². The number of carboxylic acid groups (broad SMARTS) is 1. The first kappa shape index (κ1) is 11.3. The lowest BCUT2D eigenvalue weighted by Gasteiger charge is -2.07.